The first kappa shape index (κ1) is 15.0. The molecular weight excluding hydrogens is 248 g/mol. The second-order valence-corrected chi connectivity index (χ2v) is 5.18. The lowest BCUT2D eigenvalue weighted by molar-refractivity contribution is -0.125. The van der Waals surface area contributed by atoms with E-state index in [0.717, 1.165) is 18.7 Å². The number of benzene rings is 1. The molecule has 0 aliphatic heterocycles. The van der Waals surface area contributed by atoms with E-state index in [1.165, 1.54) is 0 Å². The fourth-order valence-electron chi connectivity index (χ4n) is 1.67. The average Bonchev–Trinajstić information content (AvgIpc) is 2.34. The largest absolute Gasteiger partial charge is 0.354 e. The number of carbonyl (C=O) groups excluding carboxylic acids is 1. The van der Waals surface area contributed by atoms with Crippen LogP contribution in [0.3, 0.4) is 0 Å². The molecule has 0 atom stereocenters. The Kier molecular flexibility index (Phi) is 5.63. The number of carbonyl (C=O) groups is 1. The molecule has 0 saturated heterocycles. The zero-order valence-electron chi connectivity index (χ0n) is 11.2. The Hall–Kier alpha value is -1.06. The third-order valence-electron chi connectivity index (χ3n) is 2.95. The monoisotopic (exact) mass is 268 g/mol. The van der Waals surface area contributed by atoms with Crippen LogP contribution in [0.2, 0.25) is 5.02 Å². The summed E-state index contributed by atoms with van der Waals surface area (Å²) in [5.74, 6) is 0.0164. The maximum atomic E-state index is 12.2. The minimum atomic E-state index is -0.572. The van der Waals surface area contributed by atoms with Crippen LogP contribution in [0.25, 0.3) is 0 Å². The minimum Gasteiger partial charge on any atom is -0.354 e. The van der Waals surface area contributed by atoms with Crippen molar-refractivity contribution in [2.24, 2.45) is 0 Å². The van der Waals surface area contributed by atoms with Crippen molar-refractivity contribution in [2.75, 3.05) is 19.6 Å². The smallest absolute Gasteiger partial charge is 0.230 e. The van der Waals surface area contributed by atoms with Crippen LogP contribution in [0.5, 0.6) is 0 Å². The molecule has 1 aromatic rings. The van der Waals surface area contributed by atoms with Crippen LogP contribution in [0, 0.1) is 0 Å². The van der Waals surface area contributed by atoms with E-state index in [9.17, 15) is 4.79 Å². The van der Waals surface area contributed by atoms with Gasteiger partial charge >= 0.3 is 0 Å². The summed E-state index contributed by atoms with van der Waals surface area (Å²) in [6.07, 6.45) is 0. The zero-order chi connectivity index (χ0) is 13.6. The lowest BCUT2D eigenvalue weighted by Gasteiger charge is -2.24. The van der Waals surface area contributed by atoms with E-state index < -0.39 is 5.41 Å². The van der Waals surface area contributed by atoms with Crippen molar-refractivity contribution in [1.82, 2.24) is 10.6 Å². The number of likely N-dealkylation sites (N-methyl/N-ethyl adjacent to an activating group) is 1. The molecule has 4 heteroatoms. The average molecular weight is 269 g/mol. The fourth-order valence-corrected chi connectivity index (χ4v) is 1.86. The predicted octanol–water partition coefficient (Wildman–Crippen LogP) is 2.34. The number of rotatable bonds is 6. The van der Waals surface area contributed by atoms with Crippen molar-refractivity contribution in [3.05, 3.63) is 34.9 Å². The summed E-state index contributed by atoms with van der Waals surface area (Å²) in [4.78, 5) is 12.2. The van der Waals surface area contributed by atoms with E-state index in [1.54, 1.807) is 0 Å². The lowest BCUT2D eigenvalue weighted by Crippen LogP contribution is -2.42. The Balaban J connectivity index is 2.65. The van der Waals surface area contributed by atoms with Crippen molar-refractivity contribution in [1.29, 1.82) is 0 Å². The van der Waals surface area contributed by atoms with Crippen molar-refractivity contribution in [3.63, 3.8) is 0 Å². The summed E-state index contributed by atoms with van der Waals surface area (Å²) in [6, 6.07) is 7.44. The van der Waals surface area contributed by atoms with Crippen LogP contribution in [-0.2, 0) is 10.2 Å². The summed E-state index contributed by atoms with van der Waals surface area (Å²) in [5, 5.41) is 6.75. The highest BCUT2D eigenvalue weighted by molar-refractivity contribution is 6.30. The standard InChI is InChI=1S/C14H21ClN2O/c1-4-16-8-9-17-13(18)14(2,3)11-6-5-7-12(15)10-11/h5-7,10,16H,4,8-9H2,1-3H3,(H,17,18). The molecule has 0 saturated carbocycles. The van der Waals surface area contributed by atoms with Gasteiger partial charge in [-0.25, -0.2) is 0 Å². The summed E-state index contributed by atoms with van der Waals surface area (Å²) in [5.41, 5.74) is 0.354. The first-order chi connectivity index (χ1) is 8.48. The molecule has 18 heavy (non-hydrogen) atoms. The molecule has 0 aromatic heterocycles. The molecule has 0 fully saturated rings. The maximum absolute atomic E-state index is 12.2. The normalized spacial score (nSPS) is 11.3. The first-order valence-electron chi connectivity index (χ1n) is 6.23. The van der Waals surface area contributed by atoms with Gasteiger partial charge in [0.1, 0.15) is 0 Å². The molecule has 1 aromatic carbocycles. The molecule has 0 unspecified atom stereocenters. The van der Waals surface area contributed by atoms with Crippen molar-refractivity contribution < 1.29 is 4.79 Å². The third-order valence-corrected chi connectivity index (χ3v) is 3.19. The zero-order valence-corrected chi connectivity index (χ0v) is 12.0. The van der Waals surface area contributed by atoms with E-state index in [1.807, 2.05) is 45.0 Å². The molecule has 100 valence electrons. The number of amides is 1. The number of hydrogen-bond acceptors (Lipinski definition) is 2. The highest BCUT2D eigenvalue weighted by Gasteiger charge is 2.29. The topological polar surface area (TPSA) is 41.1 Å². The third kappa shape index (κ3) is 4.00. The molecule has 0 spiro atoms. The molecule has 0 heterocycles. The molecule has 0 bridgehead atoms. The van der Waals surface area contributed by atoms with Gasteiger partial charge in [0.05, 0.1) is 5.41 Å². The maximum Gasteiger partial charge on any atom is 0.230 e. The molecular formula is C14H21ClN2O. The van der Waals surface area contributed by atoms with Crippen LogP contribution in [0.1, 0.15) is 26.3 Å². The van der Waals surface area contributed by atoms with E-state index >= 15 is 0 Å². The fraction of sp³-hybridized carbons (Fsp3) is 0.500. The van der Waals surface area contributed by atoms with E-state index in [4.69, 9.17) is 11.6 Å². The Morgan fingerprint density at radius 2 is 2.06 bits per heavy atom. The highest BCUT2D eigenvalue weighted by Crippen LogP contribution is 2.25. The first-order valence-corrected chi connectivity index (χ1v) is 6.61. The molecule has 1 rings (SSSR count). The van der Waals surface area contributed by atoms with E-state index in [2.05, 4.69) is 10.6 Å². The molecule has 0 radical (unpaired) electrons. The second kappa shape index (κ2) is 6.76. The van der Waals surface area contributed by atoms with Gasteiger partial charge in [-0.15, -0.1) is 0 Å². The van der Waals surface area contributed by atoms with Gasteiger partial charge in [0.15, 0.2) is 0 Å². The van der Waals surface area contributed by atoms with Gasteiger partial charge in [-0.05, 0) is 38.1 Å². The molecule has 3 nitrogen and oxygen atoms in total. The Morgan fingerprint density at radius 3 is 2.67 bits per heavy atom. The van der Waals surface area contributed by atoms with Gasteiger partial charge < -0.3 is 10.6 Å². The number of nitrogens with one attached hydrogen (secondary N) is 2. The molecule has 0 aliphatic carbocycles. The summed E-state index contributed by atoms with van der Waals surface area (Å²) < 4.78 is 0. The number of halogens is 1. The van der Waals surface area contributed by atoms with Crippen molar-refractivity contribution in [2.45, 2.75) is 26.2 Å². The van der Waals surface area contributed by atoms with Crippen LogP contribution >= 0.6 is 11.6 Å². The van der Waals surface area contributed by atoms with Gasteiger partial charge in [0.25, 0.3) is 0 Å². The van der Waals surface area contributed by atoms with Gasteiger partial charge in [-0.2, -0.15) is 0 Å². The SMILES string of the molecule is CCNCCNC(=O)C(C)(C)c1cccc(Cl)c1. The van der Waals surface area contributed by atoms with Crippen LogP contribution < -0.4 is 10.6 Å². The summed E-state index contributed by atoms with van der Waals surface area (Å²) >= 11 is 5.96. The van der Waals surface area contributed by atoms with Gasteiger partial charge in [-0.1, -0.05) is 30.7 Å². The minimum absolute atomic E-state index is 0.0164. The van der Waals surface area contributed by atoms with Crippen LogP contribution in [0.15, 0.2) is 24.3 Å². The molecule has 1 amide bonds. The van der Waals surface area contributed by atoms with Crippen LogP contribution in [-0.4, -0.2) is 25.5 Å². The predicted molar refractivity (Wildman–Crippen MR) is 76.0 cm³/mol. The van der Waals surface area contributed by atoms with Crippen molar-refractivity contribution in [3.8, 4) is 0 Å². The quantitative estimate of drug-likeness (QED) is 0.778. The van der Waals surface area contributed by atoms with E-state index in [0.29, 0.717) is 11.6 Å². The van der Waals surface area contributed by atoms with Crippen LogP contribution in [0.4, 0.5) is 0 Å². The Bertz CT molecular complexity index is 405. The summed E-state index contributed by atoms with van der Waals surface area (Å²) in [7, 11) is 0. The highest BCUT2D eigenvalue weighted by atomic mass is 35.5. The Labute approximate surface area is 114 Å². The van der Waals surface area contributed by atoms with Gasteiger partial charge in [-0.3, -0.25) is 4.79 Å². The summed E-state index contributed by atoms with van der Waals surface area (Å²) in [6.45, 7) is 8.18. The molecule has 2 N–H and O–H groups in total. The van der Waals surface area contributed by atoms with Gasteiger partial charge in [0.2, 0.25) is 5.91 Å². The second-order valence-electron chi connectivity index (χ2n) is 4.74. The number of hydrogen-bond donors (Lipinski definition) is 2. The van der Waals surface area contributed by atoms with Gasteiger partial charge in [0, 0.05) is 18.1 Å². The molecule has 0 aliphatic rings. The van der Waals surface area contributed by atoms with Crippen molar-refractivity contribution >= 4 is 17.5 Å². The lowest BCUT2D eigenvalue weighted by atomic mass is 9.84. The Morgan fingerprint density at radius 1 is 1.33 bits per heavy atom. The van der Waals surface area contributed by atoms with E-state index in [-0.39, 0.29) is 5.91 Å².